The molecule has 0 saturated carbocycles. The number of benzene rings is 1. The molecule has 1 amide bonds. The zero-order chi connectivity index (χ0) is 20.1. The van der Waals surface area contributed by atoms with Crippen molar-refractivity contribution in [1.29, 1.82) is 0 Å². The van der Waals surface area contributed by atoms with Gasteiger partial charge in [0, 0.05) is 30.0 Å². The maximum Gasteiger partial charge on any atom is 0.270 e. The predicted molar refractivity (Wildman–Crippen MR) is 113 cm³/mol. The van der Waals surface area contributed by atoms with E-state index in [9.17, 15) is 4.79 Å². The molecule has 0 atom stereocenters. The zero-order valence-electron chi connectivity index (χ0n) is 16.1. The summed E-state index contributed by atoms with van der Waals surface area (Å²) in [4.78, 5) is 16.9. The molecule has 3 rings (SSSR count). The summed E-state index contributed by atoms with van der Waals surface area (Å²) in [6, 6.07) is 7.91. The van der Waals surface area contributed by atoms with Gasteiger partial charge in [0.05, 0.1) is 6.61 Å². The largest absolute Gasteiger partial charge is 0.494 e. The molecule has 0 aliphatic heterocycles. The van der Waals surface area contributed by atoms with Gasteiger partial charge in [-0.25, -0.2) is 4.98 Å². The molecular formula is C19H23N5O2S2. The lowest BCUT2D eigenvalue weighted by Gasteiger charge is -2.10. The minimum absolute atomic E-state index is 0.196. The van der Waals surface area contributed by atoms with Crippen LogP contribution < -0.4 is 10.1 Å². The van der Waals surface area contributed by atoms with E-state index in [0.29, 0.717) is 30.0 Å². The smallest absolute Gasteiger partial charge is 0.270 e. The third-order valence-electron chi connectivity index (χ3n) is 4.08. The van der Waals surface area contributed by atoms with E-state index < -0.39 is 0 Å². The number of nitrogens with zero attached hydrogens (tertiary/aromatic N) is 3. The number of carbonyl (C=O) groups is 1. The van der Waals surface area contributed by atoms with Gasteiger partial charge in [0.15, 0.2) is 4.77 Å². The molecule has 3 aromatic rings. The van der Waals surface area contributed by atoms with E-state index in [1.54, 1.807) is 5.38 Å². The minimum Gasteiger partial charge on any atom is -0.494 e. The van der Waals surface area contributed by atoms with Crippen LogP contribution in [0.15, 0.2) is 29.6 Å². The average Bonchev–Trinajstić information content (AvgIpc) is 3.30. The molecule has 0 aliphatic carbocycles. The van der Waals surface area contributed by atoms with Crippen LogP contribution in [0, 0.1) is 4.77 Å². The predicted octanol–water partition coefficient (Wildman–Crippen LogP) is 4.02. The first-order valence-electron chi connectivity index (χ1n) is 9.12. The topological polar surface area (TPSA) is 84.8 Å². The molecule has 0 saturated heterocycles. The Kier molecular flexibility index (Phi) is 6.58. The molecule has 0 unspecified atom stereocenters. The van der Waals surface area contributed by atoms with Crippen molar-refractivity contribution >= 4 is 29.5 Å². The number of aromatic amines is 1. The van der Waals surface area contributed by atoms with E-state index in [2.05, 4.69) is 20.5 Å². The van der Waals surface area contributed by atoms with Crippen molar-refractivity contribution in [3.63, 3.8) is 0 Å². The molecule has 1 aromatic carbocycles. The average molecular weight is 418 g/mol. The highest BCUT2D eigenvalue weighted by Crippen LogP contribution is 2.25. The molecule has 0 aliphatic rings. The lowest BCUT2D eigenvalue weighted by molar-refractivity contribution is 0.0949. The summed E-state index contributed by atoms with van der Waals surface area (Å²) in [6.45, 7) is 7.13. The summed E-state index contributed by atoms with van der Waals surface area (Å²) < 4.78 is 7.99. The van der Waals surface area contributed by atoms with Crippen molar-refractivity contribution in [3.8, 4) is 16.3 Å². The second-order valence-electron chi connectivity index (χ2n) is 6.41. The SMILES string of the molecule is CCOc1ccc(-c2nc(C(=O)NCCc3n[nH]c(=S)n3C(C)C)cs2)cc1. The highest BCUT2D eigenvalue weighted by Gasteiger charge is 2.13. The molecule has 7 nitrogen and oxygen atoms in total. The van der Waals surface area contributed by atoms with Gasteiger partial charge in [-0.3, -0.25) is 9.89 Å². The Morgan fingerprint density at radius 2 is 2.11 bits per heavy atom. The van der Waals surface area contributed by atoms with E-state index in [1.165, 1.54) is 11.3 Å². The van der Waals surface area contributed by atoms with Gasteiger partial charge in [0.25, 0.3) is 5.91 Å². The van der Waals surface area contributed by atoms with Gasteiger partial charge in [0.2, 0.25) is 0 Å². The summed E-state index contributed by atoms with van der Waals surface area (Å²) in [6.07, 6.45) is 0.590. The fraction of sp³-hybridized carbons (Fsp3) is 0.368. The van der Waals surface area contributed by atoms with Crippen LogP contribution in [-0.2, 0) is 6.42 Å². The van der Waals surface area contributed by atoms with Crippen molar-refractivity contribution in [3.05, 3.63) is 45.9 Å². The fourth-order valence-electron chi connectivity index (χ4n) is 2.80. The quantitative estimate of drug-likeness (QED) is 0.541. The van der Waals surface area contributed by atoms with Gasteiger partial charge in [-0.2, -0.15) is 5.10 Å². The number of hydrogen-bond acceptors (Lipinski definition) is 6. The van der Waals surface area contributed by atoms with Gasteiger partial charge >= 0.3 is 0 Å². The first-order valence-corrected chi connectivity index (χ1v) is 10.4. The Morgan fingerprint density at radius 3 is 2.79 bits per heavy atom. The van der Waals surface area contributed by atoms with Crippen molar-refractivity contribution in [2.75, 3.05) is 13.2 Å². The van der Waals surface area contributed by atoms with Gasteiger partial charge in [-0.05, 0) is 57.3 Å². The molecule has 2 aromatic heterocycles. The monoisotopic (exact) mass is 417 g/mol. The van der Waals surface area contributed by atoms with Crippen molar-refractivity contribution in [2.24, 2.45) is 0 Å². The zero-order valence-corrected chi connectivity index (χ0v) is 17.7. The summed E-state index contributed by atoms with van der Waals surface area (Å²) in [5.41, 5.74) is 1.37. The first-order chi connectivity index (χ1) is 13.5. The molecular weight excluding hydrogens is 394 g/mol. The standard InChI is InChI=1S/C19H23N5O2S2/c1-4-26-14-7-5-13(6-8-14)18-21-15(11-28-18)17(25)20-10-9-16-22-23-19(27)24(16)12(2)3/h5-8,11-12H,4,9-10H2,1-3H3,(H,20,25)(H,23,27). The fourth-order valence-corrected chi connectivity index (χ4v) is 3.96. The van der Waals surface area contributed by atoms with Crippen molar-refractivity contribution in [1.82, 2.24) is 25.1 Å². The van der Waals surface area contributed by atoms with Gasteiger partial charge in [-0.1, -0.05) is 0 Å². The van der Waals surface area contributed by atoms with Gasteiger partial charge in [-0.15, -0.1) is 11.3 Å². The number of thiazole rings is 1. The summed E-state index contributed by atoms with van der Waals surface area (Å²) in [7, 11) is 0. The maximum atomic E-state index is 12.4. The lowest BCUT2D eigenvalue weighted by atomic mass is 10.2. The third kappa shape index (κ3) is 4.66. The van der Waals surface area contributed by atoms with E-state index in [0.717, 1.165) is 22.1 Å². The number of hydrogen-bond donors (Lipinski definition) is 2. The Bertz CT molecular complexity index is 988. The number of H-pyrrole nitrogens is 1. The van der Waals surface area contributed by atoms with Crippen LogP contribution >= 0.6 is 23.6 Å². The summed E-state index contributed by atoms with van der Waals surface area (Å²) in [5.74, 6) is 1.45. The van der Waals surface area contributed by atoms with E-state index in [-0.39, 0.29) is 11.9 Å². The molecule has 0 fully saturated rings. The van der Waals surface area contributed by atoms with Crippen LogP contribution in [-0.4, -0.2) is 38.8 Å². The van der Waals surface area contributed by atoms with E-state index in [4.69, 9.17) is 17.0 Å². The number of ether oxygens (including phenoxy) is 1. The highest BCUT2D eigenvalue weighted by atomic mass is 32.1. The number of nitrogens with one attached hydrogen (secondary N) is 2. The van der Waals surface area contributed by atoms with Crippen LogP contribution in [0.1, 0.15) is 43.1 Å². The van der Waals surface area contributed by atoms with E-state index >= 15 is 0 Å². The summed E-state index contributed by atoms with van der Waals surface area (Å²) >= 11 is 6.68. The Morgan fingerprint density at radius 1 is 1.36 bits per heavy atom. The molecule has 9 heteroatoms. The highest BCUT2D eigenvalue weighted by molar-refractivity contribution is 7.71. The van der Waals surface area contributed by atoms with Crippen molar-refractivity contribution < 1.29 is 9.53 Å². The summed E-state index contributed by atoms with van der Waals surface area (Å²) in [5, 5.41) is 12.5. The normalized spacial score (nSPS) is 11.0. The van der Waals surface area contributed by atoms with Gasteiger partial charge in [0.1, 0.15) is 22.3 Å². The first kappa shape index (κ1) is 20.2. The molecule has 0 radical (unpaired) electrons. The van der Waals surface area contributed by atoms with Crippen LogP contribution in [0.5, 0.6) is 5.75 Å². The van der Waals surface area contributed by atoms with E-state index in [1.807, 2.05) is 49.6 Å². The van der Waals surface area contributed by atoms with Crippen LogP contribution in [0.3, 0.4) is 0 Å². The lowest BCUT2D eigenvalue weighted by Crippen LogP contribution is -2.27. The molecule has 2 N–H and O–H groups in total. The van der Waals surface area contributed by atoms with Crippen LogP contribution in [0.25, 0.3) is 10.6 Å². The molecule has 148 valence electrons. The number of rotatable bonds is 8. The number of aromatic nitrogens is 4. The Labute approximate surface area is 172 Å². The second-order valence-corrected chi connectivity index (χ2v) is 7.65. The van der Waals surface area contributed by atoms with Crippen LogP contribution in [0.2, 0.25) is 0 Å². The maximum absolute atomic E-state index is 12.4. The van der Waals surface area contributed by atoms with Crippen LogP contribution in [0.4, 0.5) is 0 Å². The third-order valence-corrected chi connectivity index (χ3v) is 5.26. The molecule has 0 spiro atoms. The van der Waals surface area contributed by atoms with Crippen molar-refractivity contribution in [2.45, 2.75) is 33.2 Å². The Hall–Kier alpha value is -2.52. The minimum atomic E-state index is -0.196. The Balaban J connectivity index is 1.59. The van der Waals surface area contributed by atoms with Gasteiger partial charge < -0.3 is 14.6 Å². The molecule has 0 bridgehead atoms. The number of amides is 1. The molecule has 2 heterocycles. The number of carbonyl (C=O) groups excluding carboxylic acids is 1. The molecule has 28 heavy (non-hydrogen) atoms. The second kappa shape index (κ2) is 9.11.